The van der Waals surface area contributed by atoms with Gasteiger partial charge in [-0.15, -0.1) is 0 Å². The Hall–Kier alpha value is -1.95. The van der Waals surface area contributed by atoms with Crippen LogP contribution in [0, 0.1) is 0 Å². The first-order chi connectivity index (χ1) is 9.63. The summed E-state index contributed by atoms with van der Waals surface area (Å²) in [5, 5.41) is 2.65. The number of aryl methyl sites for hydroxylation is 1. The van der Waals surface area contributed by atoms with Crippen LogP contribution in [0.4, 0.5) is 0 Å². The molecule has 0 spiro atoms. The second-order valence-electron chi connectivity index (χ2n) is 4.78. The first kappa shape index (κ1) is 14.5. The number of nitrogens with one attached hydrogen (secondary N) is 2. The smallest absolute Gasteiger partial charge is 0.261 e. The number of amides is 1. The second kappa shape index (κ2) is 6.47. The number of Topliss-reactive ketones (excluding diaryl/α,β-unsaturated/α-hetero) is 1. The monoisotopic (exact) mass is 278 g/mol. The van der Waals surface area contributed by atoms with Gasteiger partial charge in [0.05, 0.1) is 0 Å². The molecule has 0 atom stereocenters. The number of H-pyrrole nitrogens is 1. The normalized spacial score (nSPS) is 13.9. The topological polar surface area (TPSA) is 88.3 Å². The van der Waals surface area contributed by atoms with Crippen LogP contribution in [0.1, 0.15) is 45.7 Å². The molecule has 1 heterocycles. The molecule has 1 aliphatic rings. The van der Waals surface area contributed by atoms with Gasteiger partial charge in [-0.05, 0) is 25.3 Å². The number of fused-ring (bicyclic) bond motifs is 1. The molecule has 6 heteroatoms. The second-order valence-corrected chi connectivity index (χ2v) is 4.78. The van der Waals surface area contributed by atoms with Crippen molar-refractivity contribution in [3.05, 3.63) is 33.2 Å². The molecule has 0 aliphatic heterocycles. The lowest BCUT2D eigenvalue weighted by atomic mass is 9.93. The van der Waals surface area contributed by atoms with Crippen LogP contribution in [0.15, 0.2) is 10.9 Å². The zero-order valence-corrected chi connectivity index (χ0v) is 11.5. The van der Waals surface area contributed by atoms with Crippen molar-refractivity contribution >= 4 is 11.7 Å². The van der Waals surface area contributed by atoms with E-state index in [0.717, 1.165) is 6.42 Å². The van der Waals surface area contributed by atoms with E-state index in [1.54, 1.807) is 7.11 Å². The maximum atomic E-state index is 11.9. The Morgan fingerprint density at radius 1 is 1.40 bits per heavy atom. The van der Waals surface area contributed by atoms with Crippen LogP contribution in [0.2, 0.25) is 0 Å². The molecule has 1 amide bonds. The summed E-state index contributed by atoms with van der Waals surface area (Å²) in [7, 11) is 1.58. The molecular formula is C14H18N2O4. The minimum atomic E-state index is -0.455. The maximum Gasteiger partial charge on any atom is 0.261 e. The molecule has 0 bridgehead atoms. The summed E-state index contributed by atoms with van der Waals surface area (Å²) >= 11 is 0. The third-order valence-electron chi connectivity index (χ3n) is 3.31. The van der Waals surface area contributed by atoms with Crippen LogP contribution >= 0.6 is 0 Å². The summed E-state index contributed by atoms with van der Waals surface area (Å²) < 4.78 is 4.88. The Morgan fingerprint density at radius 2 is 2.20 bits per heavy atom. The molecule has 1 aromatic rings. The molecular weight excluding hydrogens is 260 g/mol. The number of rotatable bonds is 5. The number of carbonyl (C=O) groups is 2. The van der Waals surface area contributed by atoms with E-state index >= 15 is 0 Å². The zero-order chi connectivity index (χ0) is 14.5. The van der Waals surface area contributed by atoms with Gasteiger partial charge in [-0.3, -0.25) is 14.4 Å². The molecule has 20 heavy (non-hydrogen) atoms. The first-order valence-corrected chi connectivity index (χ1v) is 6.70. The van der Waals surface area contributed by atoms with Crippen molar-refractivity contribution in [2.45, 2.75) is 25.7 Å². The van der Waals surface area contributed by atoms with Crippen LogP contribution in [-0.2, 0) is 11.2 Å². The molecule has 1 aliphatic carbocycles. The number of aromatic amines is 1. The summed E-state index contributed by atoms with van der Waals surface area (Å²) in [6, 6.07) is 1.42. The number of ether oxygens (including phenoxy) is 1. The van der Waals surface area contributed by atoms with E-state index in [1.807, 2.05) is 0 Å². The van der Waals surface area contributed by atoms with Crippen LogP contribution in [0.3, 0.4) is 0 Å². The van der Waals surface area contributed by atoms with Gasteiger partial charge in [0.2, 0.25) is 0 Å². The SMILES string of the molecule is COCCCNC(=O)c1cc2c([nH]c1=O)CCCC2=O. The number of methoxy groups -OCH3 is 1. The summed E-state index contributed by atoms with van der Waals surface area (Å²) in [5.41, 5.74) is 0.666. The predicted molar refractivity (Wildman–Crippen MR) is 73.2 cm³/mol. The lowest BCUT2D eigenvalue weighted by Gasteiger charge is -2.15. The lowest BCUT2D eigenvalue weighted by Crippen LogP contribution is -2.32. The van der Waals surface area contributed by atoms with Gasteiger partial charge in [0.1, 0.15) is 5.56 Å². The highest BCUT2D eigenvalue weighted by molar-refractivity contribution is 6.01. The van der Waals surface area contributed by atoms with Gasteiger partial charge in [-0.25, -0.2) is 0 Å². The van der Waals surface area contributed by atoms with Crippen molar-refractivity contribution in [3.63, 3.8) is 0 Å². The van der Waals surface area contributed by atoms with E-state index in [2.05, 4.69) is 10.3 Å². The summed E-state index contributed by atoms with van der Waals surface area (Å²) in [5.74, 6) is -0.473. The van der Waals surface area contributed by atoms with E-state index in [0.29, 0.717) is 43.7 Å². The van der Waals surface area contributed by atoms with Crippen molar-refractivity contribution in [2.75, 3.05) is 20.3 Å². The fourth-order valence-electron chi connectivity index (χ4n) is 2.26. The van der Waals surface area contributed by atoms with Gasteiger partial charge in [-0.1, -0.05) is 0 Å². The van der Waals surface area contributed by atoms with Gasteiger partial charge in [0.15, 0.2) is 5.78 Å². The maximum absolute atomic E-state index is 11.9. The van der Waals surface area contributed by atoms with Crippen molar-refractivity contribution in [1.29, 1.82) is 0 Å². The van der Waals surface area contributed by atoms with Gasteiger partial charge in [-0.2, -0.15) is 0 Å². The molecule has 0 aromatic carbocycles. The van der Waals surface area contributed by atoms with Gasteiger partial charge in [0, 0.05) is 37.9 Å². The quantitative estimate of drug-likeness (QED) is 0.774. The van der Waals surface area contributed by atoms with Crippen molar-refractivity contribution < 1.29 is 14.3 Å². The summed E-state index contributed by atoms with van der Waals surface area (Å²) in [4.78, 5) is 38.3. The van der Waals surface area contributed by atoms with Crippen molar-refractivity contribution in [1.82, 2.24) is 10.3 Å². The largest absolute Gasteiger partial charge is 0.385 e. The van der Waals surface area contributed by atoms with Gasteiger partial charge < -0.3 is 15.0 Å². The number of hydrogen-bond acceptors (Lipinski definition) is 4. The fraction of sp³-hybridized carbons (Fsp3) is 0.500. The van der Waals surface area contributed by atoms with Crippen molar-refractivity contribution in [2.24, 2.45) is 0 Å². The minimum absolute atomic E-state index is 0.00332. The summed E-state index contributed by atoms with van der Waals surface area (Å²) in [6.45, 7) is 0.969. The molecule has 0 unspecified atom stereocenters. The highest BCUT2D eigenvalue weighted by Crippen LogP contribution is 2.18. The third-order valence-corrected chi connectivity index (χ3v) is 3.31. The zero-order valence-electron chi connectivity index (χ0n) is 11.5. The molecule has 108 valence electrons. The minimum Gasteiger partial charge on any atom is -0.385 e. The third kappa shape index (κ3) is 3.14. The molecule has 0 radical (unpaired) electrons. The number of hydrogen-bond donors (Lipinski definition) is 2. The van der Waals surface area contributed by atoms with Crippen LogP contribution in [0.5, 0.6) is 0 Å². The Bertz CT molecular complexity index is 577. The van der Waals surface area contributed by atoms with E-state index in [9.17, 15) is 14.4 Å². The molecule has 2 N–H and O–H groups in total. The molecule has 2 rings (SSSR count). The molecule has 1 aromatic heterocycles. The average molecular weight is 278 g/mol. The lowest BCUT2D eigenvalue weighted by molar-refractivity contribution is 0.0947. The Balaban J connectivity index is 2.15. The van der Waals surface area contributed by atoms with Crippen LogP contribution in [0.25, 0.3) is 0 Å². The first-order valence-electron chi connectivity index (χ1n) is 6.70. The van der Waals surface area contributed by atoms with E-state index in [-0.39, 0.29) is 11.3 Å². The Labute approximate surface area is 116 Å². The summed E-state index contributed by atoms with van der Waals surface area (Å²) in [6.07, 6.45) is 2.55. The van der Waals surface area contributed by atoms with E-state index in [1.165, 1.54) is 6.07 Å². The van der Waals surface area contributed by atoms with Crippen LogP contribution in [-0.4, -0.2) is 36.9 Å². The highest BCUT2D eigenvalue weighted by atomic mass is 16.5. The van der Waals surface area contributed by atoms with Gasteiger partial charge in [0.25, 0.3) is 11.5 Å². The number of ketones is 1. The average Bonchev–Trinajstić information content (AvgIpc) is 2.43. The standard InChI is InChI=1S/C14H18N2O4/c1-20-7-3-6-15-13(18)10-8-9-11(16-14(10)19)4-2-5-12(9)17/h8H,2-7H2,1H3,(H,15,18)(H,16,19). The molecule has 6 nitrogen and oxygen atoms in total. The number of pyridine rings is 1. The molecule has 0 saturated carbocycles. The van der Waals surface area contributed by atoms with E-state index in [4.69, 9.17) is 4.74 Å². The van der Waals surface area contributed by atoms with Crippen molar-refractivity contribution in [3.8, 4) is 0 Å². The predicted octanol–water partition coefficient (Wildman–Crippen LogP) is 0.660. The Kier molecular flexibility index (Phi) is 4.68. The van der Waals surface area contributed by atoms with Crippen LogP contribution < -0.4 is 10.9 Å². The number of aromatic nitrogens is 1. The fourth-order valence-corrected chi connectivity index (χ4v) is 2.26. The van der Waals surface area contributed by atoms with E-state index < -0.39 is 11.5 Å². The molecule has 0 saturated heterocycles. The highest BCUT2D eigenvalue weighted by Gasteiger charge is 2.21. The van der Waals surface area contributed by atoms with Gasteiger partial charge >= 0.3 is 0 Å². The molecule has 0 fully saturated rings. The Morgan fingerprint density at radius 3 is 2.95 bits per heavy atom. The number of carbonyl (C=O) groups excluding carboxylic acids is 2.